The SMILES string of the molecule is C.C#[N+][C@@H]1CCCc2ccccc21.CC[C@@H](C)C(=O)N[C@H]1CO[C@H]2CCC(C(=O)N[C@@H]3CCCc4ccccc43)N2C1=O.COC(C)CCC(CC(=O)[C@H](CO)NC(=O)[C@H](C)N(C)C(=O)OC(C)(C)C)C(=O)N[C@@H]1CCCc2ccccc21.COC(CCC=O)OC.C[C@@H](C(=O)N[C@@H](CO)C(=O)O)N(C)C(=O)OC(C)(C)C.N.OCC(F)(F)F. The van der Waals surface area contributed by atoms with Crippen molar-refractivity contribution in [3.05, 3.63) is 111 Å². The van der Waals surface area contributed by atoms with E-state index in [0.717, 1.165) is 66.6 Å². The molecule has 670 valence electrons. The first kappa shape index (κ1) is 108. The van der Waals surface area contributed by atoms with Gasteiger partial charge in [-0.2, -0.15) is 13.2 Å². The van der Waals surface area contributed by atoms with Crippen LogP contribution in [0.2, 0.25) is 0 Å². The van der Waals surface area contributed by atoms with Gasteiger partial charge in [-0.25, -0.2) is 14.4 Å². The summed E-state index contributed by atoms with van der Waals surface area (Å²) in [6.07, 6.45) is 7.42. The van der Waals surface area contributed by atoms with Gasteiger partial charge in [-0.15, -0.1) is 0 Å². The Hall–Kier alpha value is -9.21. The fourth-order valence-electron chi connectivity index (χ4n) is 12.9. The summed E-state index contributed by atoms with van der Waals surface area (Å²) in [5.41, 5.74) is 6.08. The lowest BCUT2D eigenvalue weighted by Gasteiger charge is -2.38. The quantitative estimate of drug-likeness (QED) is 0.0238. The number of rotatable bonds is 28. The lowest BCUT2D eigenvalue weighted by molar-refractivity contribution is -0.167. The fourth-order valence-corrected chi connectivity index (χ4v) is 12.9. The van der Waals surface area contributed by atoms with E-state index in [9.17, 15) is 71.0 Å². The zero-order valence-electron chi connectivity index (χ0n) is 71.4. The van der Waals surface area contributed by atoms with Crippen LogP contribution >= 0.6 is 0 Å². The highest BCUT2D eigenvalue weighted by Gasteiger charge is 2.48. The number of carboxylic acid groups (broad SMARTS) is 1. The summed E-state index contributed by atoms with van der Waals surface area (Å²) in [6.45, 7) is 21.2. The van der Waals surface area contributed by atoms with E-state index in [-0.39, 0.29) is 92.9 Å². The molecule has 8 amide bonds. The van der Waals surface area contributed by atoms with E-state index in [1.807, 2.05) is 51.1 Å². The van der Waals surface area contributed by atoms with Crippen LogP contribution in [0.5, 0.6) is 0 Å². The third-order valence-electron chi connectivity index (χ3n) is 20.2. The highest BCUT2D eigenvalue weighted by molar-refractivity contribution is 5.95. The number of alkyl halides is 3. The Morgan fingerprint density at radius 3 is 1.50 bits per heavy atom. The van der Waals surface area contributed by atoms with Crippen LogP contribution in [-0.4, -0.2) is 235 Å². The number of carboxylic acids is 1. The van der Waals surface area contributed by atoms with Crippen molar-refractivity contribution in [1.29, 1.82) is 0 Å². The average Bonchev–Trinajstić information content (AvgIpc) is 1.63. The first-order chi connectivity index (χ1) is 55.1. The number of hydrogen-bond acceptors (Lipinski definition) is 21. The van der Waals surface area contributed by atoms with Crippen LogP contribution in [0.15, 0.2) is 72.8 Å². The van der Waals surface area contributed by atoms with Gasteiger partial charge >= 0.3 is 24.3 Å². The maximum Gasteiger partial charge on any atom is 0.411 e. The van der Waals surface area contributed by atoms with Crippen molar-refractivity contribution in [3.63, 3.8) is 0 Å². The maximum atomic E-state index is 13.5. The normalized spacial score (nSPS) is 19.2. The summed E-state index contributed by atoms with van der Waals surface area (Å²) in [7, 11) is 7.50. The van der Waals surface area contributed by atoms with Gasteiger partial charge in [-0.3, -0.25) is 43.4 Å². The number of likely N-dealkylation sites (N-methyl/N-ethyl adjacent to an activating group) is 2. The van der Waals surface area contributed by atoms with Gasteiger partial charge in [0.2, 0.25) is 35.4 Å². The minimum Gasteiger partial charge on any atom is -0.480 e. The van der Waals surface area contributed by atoms with E-state index in [1.54, 1.807) is 67.8 Å². The number of aldehydes is 1. The van der Waals surface area contributed by atoms with Crippen molar-refractivity contribution in [2.75, 3.05) is 61.9 Å². The second kappa shape index (κ2) is 53.4. The number of Topliss-reactive ketones (excluding diaryl/α,β-unsaturated/α-hetero) is 1. The molecule has 2 saturated heterocycles. The summed E-state index contributed by atoms with van der Waals surface area (Å²) in [5, 5.41) is 48.6. The standard InChI is InChI=1S/C30H47N3O7.C23H31N3O4.C12H22N2O6.C11H12N.C6H12O3.C2H3F3O.CH4.H3N/c1-19(39-7)15-16-22(28(37)31-24-14-10-12-21-11-8-9-13-23(21)24)17-26(35)25(18-34)32-27(36)20(2)33(6)29(38)40-30(3,4)5;1-3-14(2)21(27)25-18-13-30-20-12-11-19(26(20)23(18)29)22(28)24-17-10-6-8-15-7-4-5-9-16(15)17;1-7(9(16)13-8(6-15)10(17)18)14(5)11(19)20-12(2,3)4;1-12-11-8-4-6-9-5-2-3-7-10(9)11;1-8-6(9-2)4-3-5-7;3-2(4,5)1-6;;/h8-9,11,13,19-20,22,24-25,34H,10,12,14-18H2,1-7H3,(H,31,37)(H,32,36);4-5,7,9,14,17-20H,3,6,8,10-13H2,1-2H3,(H,24,28)(H,25,27);7-8,15H,6H2,1-5H3,(H,13,16)(H,17,18);1-3,5,7,11H,4,6,8H2;5-6H,3-4H2,1-2H3;6H,1H2;1H4;1H3/q;;;+1;;;;/t19?,20-,22?,24+,25-;14-,17-,18+,19?,20+;7-,8-;11-;;;;/m0101..../s1. The number of halogens is 3. The van der Waals surface area contributed by atoms with Crippen molar-refractivity contribution in [3.8, 4) is 6.57 Å². The van der Waals surface area contributed by atoms with Crippen molar-refractivity contribution in [2.24, 2.45) is 11.8 Å². The van der Waals surface area contributed by atoms with Crippen LogP contribution in [0.3, 0.4) is 0 Å². The van der Waals surface area contributed by atoms with Gasteiger partial charge in [0.05, 0.1) is 38.0 Å². The molecule has 119 heavy (non-hydrogen) atoms. The minimum absolute atomic E-state index is 0. The number of aliphatic hydroxyl groups excluding tert-OH is 3. The van der Waals surface area contributed by atoms with Gasteiger partial charge in [-0.1, -0.05) is 98.9 Å². The number of hydrogen-bond donors (Lipinski definition) is 10. The molecule has 31 nitrogen and oxygen atoms in total. The molecule has 8 rings (SSSR count). The highest BCUT2D eigenvalue weighted by atomic mass is 19.4. The second-order valence-corrected chi connectivity index (χ2v) is 31.3. The van der Waals surface area contributed by atoms with Crippen molar-refractivity contribution in [2.45, 2.75) is 283 Å². The van der Waals surface area contributed by atoms with Gasteiger partial charge < -0.3 is 91.3 Å². The predicted octanol–water partition coefficient (Wildman–Crippen LogP) is 10.1. The lowest BCUT2D eigenvalue weighted by Crippen LogP contribution is -2.61. The number of ketones is 1. The van der Waals surface area contributed by atoms with Crippen LogP contribution in [-0.2, 0) is 90.8 Å². The topological polar surface area (TPSA) is 433 Å². The molecule has 12 N–H and O–H groups in total. The number of amides is 8. The molecule has 2 aliphatic heterocycles. The maximum absolute atomic E-state index is 13.5. The Labute approximate surface area is 699 Å². The number of ether oxygens (including phenoxy) is 6. The number of nitrogens with zero attached hydrogens (tertiary/aromatic N) is 4. The molecule has 13 atom stereocenters. The molecule has 0 saturated carbocycles. The second-order valence-electron chi connectivity index (χ2n) is 31.3. The van der Waals surface area contributed by atoms with E-state index in [4.69, 9.17) is 50.3 Å². The van der Waals surface area contributed by atoms with Crippen molar-refractivity contribution < 1.29 is 115 Å². The summed E-state index contributed by atoms with van der Waals surface area (Å²) in [4.78, 5) is 142. The Bertz CT molecular complexity index is 3720. The van der Waals surface area contributed by atoms with Crippen LogP contribution in [0.4, 0.5) is 22.8 Å². The summed E-state index contributed by atoms with van der Waals surface area (Å²) >= 11 is 0. The molecular formula is C85H134F3N10O21+. The molecule has 34 heteroatoms. The van der Waals surface area contributed by atoms with Gasteiger partial charge in [0.25, 0.3) is 12.6 Å². The Morgan fingerprint density at radius 2 is 1.08 bits per heavy atom. The summed E-state index contributed by atoms with van der Waals surface area (Å²) in [5.74, 6) is -4.70. The van der Waals surface area contributed by atoms with Gasteiger partial charge in [0.15, 0.2) is 12.1 Å². The summed E-state index contributed by atoms with van der Waals surface area (Å²) in [6, 6.07) is 19.0. The number of fused-ring (bicyclic) bond motifs is 4. The van der Waals surface area contributed by atoms with Crippen LogP contribution in [0, 0.1) is 18.4 Å². The largest absolute Gasteiger partial charge is 0.480 e. The predicted molar refractivity (Wildman–Crippen MR) is 441 cm³/mol. The summed E-state index contributed by atoms with van der Waals surface area (Å²) < 4.78 is 62.8. The third kappa shape index (κ3) is 36.7. The fraction of sp³-hybridized carbons (Fsp3) is 0.647. The van der Waals surface area contributed by atoms with E-state index < -0.39 is 115 Å². The molecule has 0 spiro atoms. The van der Waals surface area contributed by atoms with Crippen LogP contribution in [0.1, 0.15) is 225 Å². The molecule has 2 fully saturated rings. The first-order valence-corrected chi connectivity index (χ1v) is 39.8. The van der Waals surface area contributed by atoms with E-state index in [2.05, 4.69) is 73.9 Å². The molecular weight excluding hydrogens is 1550 g/mol. The smallest absolute Gasteiger partial charge is 0.411 e. The zero-order valence-corrected chi connectivity index (χ0v) is 71.4. The molecule has 0 aromatic heterocycles. The minimum atomic E-state index is -4.40. The number of carbonyl (C=O) groups is 11. The average molecular weight is 1690 g/mol. The van der Waals surface area contributed by atoms with Gasteiger partial charge in [-0.05, 0) is 174 Å². The highest BCUT2D eigenvalue weighted by Crippen LogP contribution is 2.35. The lowest BCUT2D eigenvalue weighted by atomic mass is 9.86. The zero-order chi connectivity index (χ0) is 88.1. The third-order valence-corrected chi connectivity index (χ3v) is 20.2. The molecule has 3 aliphatic carbocycles. The monoisotopic (exact) mass is 1690 g/mol. The molecule has 5 aliphatic rings. The molecule has 3 aromatic carbocycles. The molecule has 2 heterocycles. The molecule has 3 unspecified atom stereocenters. The van der Waals surface area contributed by atoms with Gasteiger partial charge in [0.1, 0.15) is 66.6 Å². The Balaban J connectivity index is 0.000000785. The number of carbonyl (C=O) groups excluding carboxylic acids is 10. The molecule has 3 aromatic rings. The number of aliphatic hydroxyl groups is 3. The number of benzene rings is 3. The molecule has 0 radical (unpaired) electrons. The first-order valence-electron chi connectivity index (χ1n) is 39.8. The van der Waals surface area contributed by atoms with Crippen molar-refractivity contribution in [1.82, 2.24) is 47.4 Å². The van der Waals surface area contributed by atoms with Crippen LogP contribution < -0.4 is 32.7 Å². The Kier molecular flexibility index (Phi) is 48.4. The number of aryl methyl sites for hydroxylation is 3. The molecule has 0 bridgehead atoms. The van der Waals surface area contributed by atoms with Gasteiger partial charge in [0, 0.05) is 78.5 Å². The van der Waals surface area contributed by atoms with Crippen LogP contribution in [0.25, 0.3) is 4.85 Å². The van der Waals surface area contributed by atoms with Crippen molar-refractivity contribution >= 4 is 65.7 Å². The number of aliphatic carboxylic acids is 1. The number of methoxy groups -OCH3 is 3. The Morgan fingerprint density at radius 1 is 0.630 bits per heavy atom. The van der Waals surface area contributed by atoms with E-state index in [0.29, 0.717) is 44.9 Å². The van der Waals surface area contributed by atoms with E-state index >= 15 is 0 Å². The van der Waals surface area contributed by atoms with E-state index in [1.165, 1.54) is 68.6 Å². The number of nitrogens with one attached hydrogen (secondary N) is 5.